The summed E-state index contributed by atoms with van der Waals surface area (Å²) in [5, 5.41) is 22.5. The van der Waals surface area contributed by atoms with Gasteiger partial charge in [0.15, 0.2) is 11.8 Å². The highest BCUT2D eigenvalue weighted by Crippen LogP contribution is 2.43. The number of nitrogens with one attached hydrogen (secondary N) is 4. The van der Waals surface area contributed by atoms with E-state index in [1.54, 1.807) is 36.8 Å². The van der Waals surface area contributed by atoms with Crippen molar-refractivity contribution in [3.05, 3.63) is 83.5 Å². The lowest BCUT2D eigenvalue weighted by atomic mass is 9.75. The molecule has 13 heteroatoms. The van der Waals surface area contributed by atoms with Crippen molar-refractivity contribution in [3.8, 4) is 22.6 Å². The molecule has 2 fully saturated rings. The molecular weight excluding hydrogens is 606 g/mol. The molecule has 6 rings (SSSR count). The fraction of sp³-hybridized carbons (Fsp3) is 0.364. The summed E-state index contributed by atoms with van der Waals surface area (Å²) in [7, 11) is 0. The molecule has 2 atom stereocenters. The lowest BCUT2D eigenvalue weighted by Crippen LogP contribution is -2.47. The van der Waals surface area contributed by atoms with Crippen molar-refractivity contribution in [2.45, 2.75) is 64.1 Å². The van der Waals surface area contributed by atoms with E-state index in [0.29, 0.717) is 39.7 Å². The monoisotopic (exact) mass is 641 g/mol. The maximum absolute atomic E-state index is 14.8. The second-order valence-electron chi connectivity index (χ2n) is 13.3. The van der Waals surface area contributed by atoms with Gasteiger partial charge in [0.05, 0.1) is 23.0 Å². The third-order valence-corrected chi connectivity index (χ3v) is 8.65. The third kappa shape index (κ3) is 6.30. The van der Waals surface area contributed by atoms with Crippen molar-refractivity contribution in [2.75, 3.05) is 6.61 Å². The van der Waals surface area contributed by atoms with E-state index < -0.39 is 17.7 Å². The molecule has 4 N–H and O–H groups in total. The number of H-pyrrole nitrogens is 1. The highest BCUT2D eigenvalue weighted by atomic mass is 35.5. The predicted molar refractivity (Wildman–Crippen MR) is 173 cm³/mol. The van der Waals surface area contributed by atoms with Gasteiger partial charge in [0, 0.05) is 29.1 Å². The van der Waals surface area contributed by atoms with E-state index in [2.05, 4.69) is 56.6 Å². The fourth-order valence-corrected chi connectivity index (χ4v) is 6.05. The van der Waals surface area contributed by atoms with E-state index in [1.807, 2.05) is 31.2 Å². The molecule has 1 aliphatic heterocycles. The smallest absolute Gasteiger partial charge is 0.407 e. The minimum atomic E-state index is -1.27. The Bertz CT molecular complexity index is 1750. The molecule has 3 heterocycles. The third-order valence-electron chi connectivity index (χ3n) is 8.32. The van der Waals surface area contributed by atoms with Gasteiger partial charge >= 0.3 is 6.09 Å². The molecule has 2 aliphatic rings. The molecule has 1 saturated heterocycles. The van der Waals surface area contributed by atoms with Gasteiger partial charge in [0.2, 0.25) is 0 Å². The number of rotatable bonds is 9. The average Bonchev–Trinajstić information content (AvgIpc) is 3.39. The molecule has 2 amide bonds. The van der Waals surface area contributed by atoms with Gasteiger partial charge in [0.1, 0.15) is 18.5 Å². The van der Waals surface area contributed by atoms with Crippen LogP contribution in [0.5, 0.6) is 0 Å². The van der Waals surface area contributed by atoms with Gasteiger partial charge in [-0.2, -0.15) is 5.10 Å². The van der Waals surface area contributed by atoms with Crippen molar-refractivity contribution < 1.29 is 14.3 Å². The van der Waals surface area contributed by atoms with E-state index in [-0.39, 0.29) is 29.4 Å². The Labute approximate surface area is 271 Å². The van der Waals surface area contributed by atoms with Crippen LogP contribution in [0.1, 0.15) is 64.1 Å². The summed E-state index contributed by atoms with van der Waals surface area (Å²) >= 11 is 6.54. The first-order valence-electron chi connectivity index (χ1n) is 15.0. The number of carbonyl (C=O) groups excluding carboxylic acids is 2. The second kappa shape index (κ2) is 11.8. The van der Waals surface area contributed by atoms with Gasteiger partial charge in [-0.15, -0.1) is 0 Å². The van der Waals surface area contributed by atoms with Crippen LogP contribution in [0.25, 0.3) is 22.6 Å². The normalized spacial score (nSPS) is 19.5. The van der Waals surface area contributed by atoms with Crippen molar-refractivity contribution in [1.29, 1.82) is 5.41 Å². The zero-order valence-corrected chi connectivity index (χ0v) is 26.9. The minimum Gasteiger partial charge on any atom is -0.447 e. The summed E-state index contributed by atoms with van der Waals surface area (Å²) in [4.78, 5) is 41.8. The lowest BCUT2D eigenvalue weighted by molar-refractivity contribution is -0.134. The molecule has 2 aromatic heterocycles. The Morgan fingerprint density at radius 3 is 2.54 bits per heavy atom. The summed E-state index contributed by atoms with van der Waals surface area (Å²) in [6.45, 7) is 7.91. The van der Waals surface area contributed by atoms with Crippen LogP contribution in [0.3, 0.4) is 0 Å². The summed E-state index contributed by atoms with van der Waals surface area (Å²) in [6.07, 6.45) is 7.84. The fourth-order valence-electron chi connectivity index (χ4n) is 5.84. The molecular formula is C33H36ClN9O3. The van der Waals surface area contributed by atoms with Crippen LogP contribution in [0.15, 0.2) is 67.4 Å². The first-order chi connectivity index (χ1) is 21.9. The van der Waals surface area contributed by atoms with Crippen LogP contribution in [0, 0.1) is 10.8 Å². The number of alkyl carbamates (subject to hydrolysis) is 1. The summed E-state index contributed by atoms with van der Waals surface area (Å²) < 4.78 is 5.73. The Morgan fingerprint density at radius 2 is 1.91 bits per heavy atom. The molecule has 238 valence electrons. The van der Waals surface area contributed by atoms with Crippen LogP contribution in [0.4, 0.5) is 4.79 Å². The number of aromatic amines is 1. The van der Waals surface area contributed by atoms with Gasteiger partial charge in [0.25, 0.3) is 5.91 Å². The summed E-state index contributed by atoms with van der Waals surface area (Å²) in [5.41, 5.74) is 1.55. The largest absolute Gasteiger partial charge is 0.447 e. The highest BCUT2D eigenvalue weighted by Gasteiger charge is 2.54. The lowest BCUT2D eigenvalue weighted by Gasteiger charge is -2.35. The molecule has 4 aromatic rings. The van der Waals surface area contributed by atoms with Gasteiger partial charge in [-0.3, -0.25) is 30.2 Å². The quantitative estimate of drug-likeness (QED) is 0.184. The summed E-state index contributed by atoms with van der Waals surface area (Å²) in [6, 6.07) is 11.9. The van der Waals surface area contributed by atoms with Crippen LogP contribution in [-0.4, -0.2) is 60.2 Å². The van der Waals surface area contributed by atoms with Crippen LogP contribution >= 0.6 is 11.6 Å². The number of aromatic nitrogens is 5. The second-order valence-corrected chi connectivity index (χ2v) is 13.7. The van der Waals surface area contributed by atoms with Crippen molar-refractivity contribution >= 4 is 29.6 Å². The molecule has 0 spiro atoms. The first-order valence-corrected chi connectivity index (χ1v) is 15.4. The number of guanidine groups is 1. The molecule has 2 aromatic carbocycles. The van der Waals surface area contributed by atoms with Gasteiger partial charge < -0.3 is 15.4 Å². The Kier molecular flexibility index (Phi) is 8.01. The standard InChI is InChI=1S/C33H36ClN9O3/c1-31(2,3)18-33(22-8-5-20(6-9-22)25-16-36-13-14-37-25)28(44)43(29(35)40-33)26(17-46-30(45)41-32(4)11-12-32)21-7-10-24(34)23(15-21)27-38-19-39-42-27/h5-10,13-16,19,26H,11-12,17-18H2,1-4H3,(H2,35,40)(H,41,45)(H,38,39,42)/t26-,33-/m1/s1. The number of ether oxygens (including phenoxy) is 1. The van der Waals surface area contributed by atoms with E-state index in [0.717, 1.165) is 18.4 Å². The maximum atomic E-state index is 14.8. The van der Waals surface area contributed by atoms with Crippen LogP contribution in [-0.2, 0) is 15.1 Å². The SMILES string of the molecule is CC(C)(C)C[C@]1(c2ccc(-c3cnccn3)cc2)NC(=N)N([C@H](COC(=O)NC2(C)CC2)c2ccc(Cl)c(-c3ncn[nH]3)c2)C1=O. The molecule has 0 radical (unpaired) electrons. The number of amides is 2. The number of nitrogens with zero attached hydrogens (tertiary/aromatic N) is 5. The molecule has 0 unspecified atom stereocenters. The number of hydrogen-bond acceptors (Lipinski definition) is 8. The highest BCUT2D eigenvalue weighted by molar-refractivity contribution is 6.33. The topological polar surface area (TPSA) is 162 Å². The molecule has 12 nitrogen and oxygen atoms in total. The molecule has 46 heavy (non-hydrogen) atoms. The summed E-state index contributed by atoms with van der Waals surface area (Å²) in [5.74, 6) is 0.00253. The van der Waals surface area contributed by atoms with Crippen molar-refractivity contribution in [3.63, 3.8) is 0 Å². The Balaban J connectivity index is 1.39. The Morgan fingerprint density at radius 1 is 1.15 bits per heavy atom. The van der Waals surface area contributed by atoms with E-state index in [9.17, 15) is 9.59 Å². The number of carbonyl (C=O) groups is 2. The zero-order valence-electron chi connectivity index (χ0n) is 26.1. The van der Waals surface area contributed by atoms with E-state index in [4.69, 9.17) is 21.7 Å². The average molecular weight is 642 g/mol. The minimum absolute atomic E-state index is 0.105. The van der Waals surface area contributed by atoms with Crippen LogP contribution in [0.2, 0.25) is 5.02 Å². The predicted octanol–water partition coefficient (Wildman–Crippen LogP) is 5.60. The van der Waals surface area contributed by atoms with Gasteiger partial charge in [-0.25, -0.2) is 9.78 Å². The van der Waals surface area contributed by atoms with Crippen molar-refractivity contribution in [2.24, 2.45) is 5.41 Å². The Hall–Kier alpha value is -4.84. The first kappa shape index (κ1) is 31.2. The van der Waals surface area contributed by atoms with Gasteiger partial charge in [-0.05, 0) is 54.9 Å². The molecule has 1 saturated carbocycles. The van der Waals surface area contributed by atoms with Gasteiger partial charge in [-0.1, -0.05) is 62.7 Å². The zero-order chi connectivity index (χ0) is 32.7. The van der Waals surface area contributed by atoms with Crippen LogP contribution < -0.4 is 10.6 Å². The van der Waals surface area contributed by atoms with Crippen molar-refractivity contribution in [1.82, 2.24) is 40.7 Å². The number of hydrogen-bond donors (Lipinski definition) is 4. The van der Waals surface area contributed by atoms with E-state index >= 15 is 0 Å². The number of halogens is 1. The number of benzene rings is 2. The maximum Gasteiger partial charge on any atom is 0.407 e. The molecule has 0 bridgehead atoms. The van der Waals surface area contributed by atoms with E-state index in [1.165, 1.54) is 11.2 Å². The molecule has 1 aliphatic carbocycles.